The average Bonchev–Trinajstić information content (AvgIpc) is 3.26. The van der Waals surface area contributed by atoms with Gasteiger partial charge in [-0.3, -0.25) is 4.79 Å². The Hall–Kier alpha value is -1.38. The van der Waals surface area contributed by atoms with Gasteiger partial charge in [0.05, 0.1) is 6.07 Å². The highest BCUT2D eigenvalue weighted by molar-refractivity contribution is 7.09. The second-order valence-corrected chi connectivity index (χ2v) is 7.76. The number of nitriles is 1. The predicted octanol–water partition coefficient (Wildman–Crippen LogP) is 2.81. The van der Waals surface area contributed by atoms with Crippen LogP contribution in [0.15, 0.2) is 17.5 Å². The maximum absolute atomic E-state index is 12.3. The molecule has 0 aromatic carbocycles. The fourth-order valence-electron chi connectivity index (χ4n) is 3.84. The Bertz CT molecular complexity index is 543. The number of nitrogens with one attached hydrogen (secondary N) is 1. The molecule has 1 saturated heterocycles. The summed E-state index contributed by atoms with van der Waals surface area (Å²) in [6, 6.07) is 7.15. The summed E-state index contributed by atoms with van der Waals surface area (Å²) in [7, 11) is 0. The highest BCUT2D eigenvalue weighted by atomic mass is 32.1. The topological polar surface area (TPSA) is 56.1 Å². The van der Waals surface area contributed by atoms with Crippen LogP contribution in [0.3, 0.4) is 0 Å². The van der Waals surface area contributed by atoms with Crippen LogP contribution in [-0.2, 0) is 11.2 Å². The number of rotatable bonds is 5. The maximum Gasteiger partial charge on any atom is 0.223 e. The van der Waals surface area contributed by atoms with Crippen molar-refractivity contribution < 1.29 is 4.79 Å². The van der Waals surface area contributed by atoms with Crippen molar-refractivity contribution in [3.8, 4) is 6.07 Å². The summed E-state index contributed by atoms with van der Waals surface area (Å²) in [6.07, 6.45) is 6.06. The van der Waals surface area contributed by atoms with Gasteiger partial charge >= 0.3 is 0 Å². The lowest BCUT2D eigenvalue weighted by molar-refractivity contribution is -0.126. The van der Waals surface area contributed by atoms with Gasteiger partial charge in [-0.1, -0.05) is 6.07 Å². The fraction of sp³-hybridized carbons (Fsp3) is 0.667. The number of likely N-dealkylation sites (tertiary alicyclic amines) is 1. The minimum Gasteiger partial charge on any atom is -0.355 e. The van der Waals surface area contributed by atoms with Crippen molar-refractivity contribution in [2.75, 3.05) is 19.6 Å². The molecule has 1 saturated carbocycles. The molecule has 2 heterocycles. The van der Waals surface area contributed by atoms with E-state index in [-0.39, 0.29) is 17.7 Å². The lowest BCUT2D eigenvalue weighted by atomic mass is 9.94. The first-order valence-electron chi connectivity index (χ1n) is 8.70. The van der Waals surface area contributed by atoms with E-state index in [9.17, 15) is 4.79 Å². The van der Waals surface area contributed by atoms with Crippen LogP contribution in [0.25, 0.3) is 0 Å². The van der Waals surface area contributed by atoms with Crippen molar-refractivity contribution >= 4 is 17.2 Å². The molecule has 1 N–H and O–H groups in total. The zero-order chi connectivity index (χ0) is 16.1. The van der Waals surface area contributed by atoms with E-state index in [1.54, 1.807) is 11.3 Å². The average molecular weight is 331 g/mol. The Labute approximate surface area is 142 Å². The van der Waals surface area contributed by atoms with Gasteiger partial charge in [0.1, 0.15) is 0 Å². The Morgan fingerprint density at radius 3 is 2.83 bits per heavy atom. The summed E-state index contributed by atoms with van der Waals surface area (Å²) in [5.41, 5.74) is 0. The Balaban J connectivity index is 1.37. The van der Waals surface area contributed by atoms with Gasteiger partial charge in [-0.05, 0) is 63.1 Å². The summed E-state index contributed by atoms with van der Waals surface area (Å²) in [5, 5.41) is 14.2. The standard InChI is InChI=1S/C18H25N3OS/c19-13-14-3-4-16(12-14)21-9-6-15(7-10-21)18(22)20-8-5-17-2-1-11-23-17/h1-2,11,14-16H,3-10,12H2,(H,20,22). The van der Waals surface area contributed by atoms with Crippen LogP contribution >= 0.6 is 11.3 Å². The van der Waals surface area contributed by atoms with Gasteiger partial charge in [-0.25, -0.2) is 0 Å². The first-order chi connectivity index (χ1) is 11.3. The minimum atomic E-state index is 0.169. The predicted molar refractivity (Wildman–Crippen MR) is 92.1 cm³/mol. The number of piperidine rings is 1. The molecule has 23 heavy (non-hydrogen) atoms. The van der Waals surface area contributed by atoms with Crippen molar-refractivity contribution in [3.63, 3.8) is 0 Å². The third kappa shape index (κ3) is 4.33. The molecule has 1 aromatic heterocycles. The number of nitrogens with zero attached hydrogens (tertiary/aromatic N) is 2. The van der Waals surface area contributed by atoms with Crippen LogP contribution in [0.2, 0.25) is 0 Å². The molecule has 2 aliphatic rings. The van der Waals surface area contributed by atoms with Gasteiger partial charge in [0.15, 0.2) is 0 Å². The summed E-state index contributed by atoms with van der Waals surface area (Å²) < 4.78 is 0. The summed E-state index contributed by atoms with van der Waals surface area (Å²) >= 11 is 1.75. The van der Waals surface area contributed by atoms with Gasteiger partial charge < -0.3 is 10.2 Å². The molecular weight excluding hydrogens is 306 g/mol. The number of amides is 1. The molecule has 0 radical (unpaired) electrons. The molecule has 1 aliphatic heterocycles. The monoisotopic (exact) mass is 331 g/mol. The lowest BCUT2D eigenvalue weighted by Gasteiger charge is -2.35. The molecule has 1 amide bonds. The van der Waals surface area contributed by atoms with E-state index in [1.807, 2.05) is 0 Å². The highest BCUT2D eigenvalue weighted by Gasteiger charge is 2.33. The third-order valence-corrected chi connectivity index (χ3v) is 6.19. The van der Waals surface area contributed by atoms with E-state index < -0.39 is 0 Å². The lowest BCUT2D eigenvalue weighted by Crippen LogP contribution is -2.44. The number of carbonyl (C=O) groups excluding carboxylic acids is 1. The highest BCUT2D eigenvalue weighted by Crippen LogP contribution is 2.31. The first kappa shape index (κ1) is 16.5. The Kier molecular flexibility index (Phi) is 5.69. The first-order valence-corrected chi connectivity index (χ1v) is 9.58. The SMILES string of the molecule is N#CC1CCC(N2CCC(C(=O)NCCc3cccs3)CC2)C1. The van der Waals surface area contributed by atoms with Crippen LogP contribution in [-0.4, -0.2) is 36.5 Å². The quantitative estimate of drug-likeness (QED) is 0.902. The second kappa shape index (κ2) is 7.94. The molecule has 5 heteroatoms. The molecule has 1 aliphatic carbocycles. The number of hydrogen-bond donors (Lipinski definition) is 1. The molecule has 3 rings (SSSR count). The van der Waals surface area contributed by atoms with Crippen molar-refractivity contribution in [3.05, 3.63) is 22.4 Å². The fourth-order valence-corrected chi connectivity index (χ4v) is 4.55. The summed E-state index contributed by atoms with van der Waals surface area (Å²) in [4.78, 5) is 16.1. The maximum atomic E-state index is 12.3. The number of hydrogen-bond acceptors (Lipinski definition) is 4. The second-order valence-electron chi connectivity index (χ2n) is 6.72. The molecule has 124 valence electrons. The van der Waals surface area contributed by atoms with Crippen LogP contribution in [0.5, 0.6) is 0 Å². The Morgan fingerprint density at radius 2 is 2.17 bits per heavy atom. The zero-order valence-corrected chi connectivity index (χ0v) is 14.4. The van der Waals surface area contributed by atoms with Gasteiger partial charge in [-0.15, -0.1) is 11.3 Å². The van der Waals surface area contributed by atoms with E-state index in [2.05, 4.69) is 33.8 Å². The van der Waals surface area contributed by atoms with Crippen LogP contribution in [0, 0.1) is 23.2 Å². The smallest absolute Gasteiger partial charge is 0.223 e. The van der Waals surface area contributed by atoms with Crippen molar-refractivity contribution in [2.45, 2.75) is 44.6 Å². The number of carbonyl (C=O) groups is 1. The molecule has 0 bridgehead atoms. The summed E-state index contributed by atoms with van der Waals surface area (Å²) in [6.45, 7) is 2.75. The molecular formula is C18H25N3OS. The van der Waals surface area contributed by atoms with Crippen molar-refractivity contribution in [1.29, 1.82) is 5.26 Å². The van der Waals surface area contributed by atoms with Gasteiger partial charge in [0.25, 0.3) is 0 Å². The van der Waals surface area contributed by atoms with Crippen molar-refractivity contribution in [2.24, 2.45) is 11.8 Å². The molecule has 2 fully saturated rings. The molecule has 2 atom stereocenters. The van der Waals surface area contributed by atoms with Gasteiger partial charge in [0, 0.05) is 29.3 Å². The van der Waals surface area contributed by atoms with E-state index >= 15 is 0 Å². The molecule has 0 spiro atoms. The molecule has 1 aromatic rings. The van der Waals surface area contributed by atoms with E-state index in [0.717, 1.165) is 58.2 Å². The normalized spacial score (nSPS) is 26.0. The Morgan fingerprint density at radius 1 is 1.35 bits per heavy atom. The van der Waals surface area contributed by atoms with Crippen molar-refractivity contribution in [1.82, 2.24) is 10.2 Å². The zero-order valence-electron chi connectivity index (χ0n) is 13.5. The summed E-state index contributed by atoms with van der Waals surface area (Å²) in [5.74, 6) is 0.642. The van der Waals surface area contributed by atoms with Crippen LogP contribution in [0.4, 0.5) is 0 Å². The minimum absolute atomic E-state index is 0.169. The van der Waals surface area contributed by atoms with Gasteiger partial charge in [-0.2, -0.15) is 5.26 Å². The van der Waals surface area contributed by atoms with E-state index in [4.69, 9.17) is 5.26 Å². The van der Waals surface area contributed by atoms with Crippen LogP contribution < -0.4 is 5.32 Å². The number of thiophene rings is 1. The van der Waals surface area contributed by atoms with E-state index in [1.165, 1.54) is 4.88 Å². The molecule has 4 nitrogen and oxygen atoms in total. The van der Waals surface area contributed by atoms with E-state index in [0.29, 0.717) is 6.04 Å². The largest absolute Gasteiger partial charge is 0.355 e. The molecule has 2 unspecified atom stereocenters. The van der Waals surface area contributed by atoms with Crippen LogP contribution in [0.1, 0.15) is 37.0 Å². The van der Waals surface area contributed by atoms with Gasteiger partial charge in [0.2, 0.25) is 5.91 Å². The third-order valence-electron chi connectivity index (χ3n) is 5.25.